The second-order valence-electron chi connectivity index (χ2n) is 5.86. The summed E-state index contributed by atoms with van der Waals surface area (Å²) >= 11 is 0. The molecule has 1 unspecified atom stereocenters. The van der Waals surface area contributed by atoms with Gasteiger partial charge in [0, 0.05) is 16.8 Å². The van der Waals surface area contributed by atoms with E-state index in [4.69, 9.17) is 0 Å². The van der Waals surface area contributed by atoms with Crippen LogP contribution in [0.15, 0.2) is 72.8 Å². The van der Waals surface area contributed by atoms with Crippen LogP contribution in [0.1, 0.15) is 0 Å². The summed E-state index contributed by atoms with van der Waals surface area (Å²) in [7, 11) is 0.178. The van der Waals surface area contributed by atoms with Crippen molar-refractivity contribution in [3.05, 3.63) is 72.8 Å². The average Bonchev–Trinajstić information content (AvgIpc) is 2.86. The van der Waals surface area contributed by atoms with Crippen LogP contribution >= 0.6 is 10.5 Å². The fourth-order valence-electron chi connectivity index (χ4n) is 3.57. The molecule has 1 aromatic heterocycles. The van der Waals surface area contributed by atoms with Crippen LogP contribution in [0, 0.1) is 0 Å². The number of rotatable bonds is 0. The van der Waals surface area contributed by atoms with Gasteiger partial charge in [-0.3, -0.25) is 0 Å². The average molecular weight is 299 g/mol. The Hall–Kier alpha value is -2.38. The fraction of sp³-hybridized carbons (Fsp3) is 0.0476. The van der Waals surface area contributed by atoms with E-state index in [1.54, 1.807) is 0 Å². The highest BCUT2D eigenvalue weighted by Gasteiger charge is 2.18. The molecule has 1 atom stereocenters. The van der Waals surface area contributed by atoms with Gasteiger partial charge >= 0.3 is 0 Å². The molecule has 0 amide bonds. The first-order chi connectivity index (χ1) is 10.8. The van der Waals surface area contributed by atoms with Crippen molar-refractivity contribution >= 4 is 52.2 Å². The van der Waals surface area contributed by atoms with Crippen molar-refractivity contribution in [1.82, 2.24) is 0 Å². The van der Waals surface area contributed by atoms with Crippen molar-refractivity contribution in [2.24, 2.45) is 6.26 Å². The molecule has 0 saturated heterocycles. The summed E-state index contributed by atoms with van der Waals surface area (Å²) in [6, 6.07) is 26.8. The van der Waals surface area contributed by atoms with Gasteiger partial charge in [0.05, 0.1) is 0 Å². The summed E-state index contributed by atoms with van der Waals surface area (Å²) in [6.45, 7) is 0. The first-order valence-electron chi connectivity index (χ1n) is 7.54. The molecule has 0 N–H and O–H groups in total. The Morgan fingerprint density at radius 2 is 1.27 bits per heavy atom. The van der Waals surface area contributed by atoms with Gasteiger partial charge in [0.1, 0.15) is 6.26 Å². The first kappa shape index (κ1) is 12.2. The molecule has 0 spiro atoms. The molecule has 1 heteroatoms. The van der Waals surface area contributed by atoms with E-state index in [2.05, 4.69) is 79.1 Å². The molecule has 0 nitrogen and oxygen atoms in total. The van der Waals surface area contributed by atoms with Crippen molar-refractivity contribution in [3.63, 3.8) is 0 Å². The lowest BCUT2D eigenvalue weighted by molar-refractivity contribution is 1.80. The molecule has 0 fully saturated rings. The maximum Gasteiger partial charge on any atom is 0.182 e. The molecule has 0 aliphatic rings. The SMILES string of the molecule is C[s+]1c2ccccc2c2cc3ccc4ccccc4c3cc21. The molecule has 0 radical (unpaired) electrons. The highest BCUT2D eigenvalue weighted by molar-refractivity contribution is 7.41. The fourth-order valence-corrected chi connectivity index (χ4v) is 5.39. The maximum atomic E-state index is 2.43. The molecule has 0 aliphatic carbocycles. The van der Waals surface area contributed by atoms with Gasteiger partial charge in [0.15, 0.2) is 9.40 Å². The van der Waals surface area contributed by atoms with Gasteiger partial charge < -0.3 is 0 Å². The van der Waals surface area contributed by atoms with Crippen LogP contribution in [0.5, 0.6) is 0 Å². The molecule has 4 aromatic carbocycles. The van der Waals surface area contributed by atoms with Gasteiger partial charge in [0.25, 0.3) is 0 Å². The number of fused-ring (bicyclic) bond motifs is 6. The van der Waals surface area contributed by atoms with Gasteiger partial charge in [-0.1, -0.05) is 48.5 Å². The van der Waals surface area contributed by atoms with E-state index in [0.29, 0.717) is 0 Å². The topological polar surface area (TPSA) is 0 Å². The summed E-state index contributed by atoms with van der Waals surface area (Å²) in [4.78, 5) is 0. The molecule has 0 saturated carbocycles. The summed E-state index contributed by atoms with van der Waals surface area (Å²) in [5, 5.41) is 8.23. The van der Waals surface area contributed by atoms with Crippen molar-refractivity contribution in [2.45, 2.75) is 0 Å². The number of aryl methyl sites for hydroxylation is 1. The number of hydrogen-bond acceptors (Lipinski definition) is 0. The standard InChI is InChI=1S/C21H15S/c1-22-20-9-5-4-8-17(20)19-12-15-11-10-14-6-2-3-7-16(14)18(15)13-21(19)22/h2-13H,1H3/q+1. The van der Waals surface area contributed by atoms with E-state index in [1.165, 1.54) is 41.7 Å². The molecule has 0 aliphatic heterocycles. The maximum absolute atomic E-state index is 2.43. The molecule has 104 valence electrons. The van der Waals surface area contributed by atoms with Crippen LogP contribution in [-0.2, 0) is 6.26 Å². The lowest BCUT2D eigenvalue weighted by Crippen LogP contribution is -1.77. The Morgan fingerprint density at radius 3 is 2.18 bits per heavy atom. The van der Waals surface area contributed by atoms with Crippen LogP contribution in [0.25, 0.3) is 41.7 Å². The van der Waals surface area contributed by atoms with Crippen molar-refractivity contribution < 1.29 is 0 Å². The quantitative estimate of drug-likeness (QED) is 0.223. The Labute approximate surface area is 131 Å². The van der Waals surface area contributed by atoms with E-state index >= 15 is 0 Å². The third-order valence-electron chi connectivity index (χ3n) is 4.68. The Kier molecular flexibility index (Phi) is 2.39. The summed E-state index contributed by atoms with van der Waals surface area (Å²) < 4.78 is 2.97. The number of thiophene rings is 1. The largest absolute Gasteiger partial charge is 0.182 e. The summed E-state index contributed by atoms with van der Waals surface area (Å²) in [6.07, 6.45) is 2.35. The third-order valence-corrected chi connectivity index (χ3v) is 6.70. The third kappa shape index (κ3) is 1.52. The van der Waals surface area contributed by atoms with Crippen LogP contribution in [0.4, 0.5) is 0 Å². The zero-order chi connectivity index (χ0) is 14.7. The lowest BCUT2D eigenvalue weighted by atomic mass is 10.0. The van der Waals surface area contributed by atoms with E-state index < -0.39 is 0 Å². The van der Waals surface area contributed by atoms with Crippen LogP contribution < -0.4 is 0 Å². The van der Waals surface area contributed by atoms with E-state index in [1.807, 2.05) is 0 Å². The lowest BCUT2D eigenvalue weighted by Gasteiger charge is -2.03. The molecule has 22 heavy (non-hydrogen) atoms. The van der Waals surface area contributed by atoms with Crippen LogP contribution in [0.2, 0.25) is 0 Å². The van der Waals surface area contributed by atoms with E-state index in [-0.39, 0.29) is 10.5 Å². The normalized spacial score (nSPS) is 12.7. The van der Waals surface area contributed by atoms with Crippen molar-refractivity contribution in [1.29, 1.82) is 0 Å². The molecule has 5 rings (SSSR count). The van der Waals surface area contributed by atoms with Gasteiger partial charge in [-0.05, 0) is 50.2 Å². The van der Waals surface area contributed by atoms with Crippen LogP contribution in [0.3, 0.4) is 0 Å². The predicted octanol–water partition coefficient (Wildman–Crippen LogP) is 6.59. The van der Waals surface area contributed by atoms with Crippen molar-refractivity contribution in [2.75, 3.05) is 0 Å². The van der Waals surface area contributed by atoms with E-state index in [0.717, 1.165) is 0 Å². The highest BCUT2D eigenvalue weighted by Crippen LogP contribution is 2.43. The second-order valence-corrected chi connectivity index (χ2v) is 7.76. The monoisotopic (exact) mass is 299 g/mol. The predicted molar refractivity (Wildman–Crippen MR) is 99.9 cm³/mol. The molecular weight excluding hydrogens is 284 g/mol. The summed E-state index contributed by atoms with van der Waals surface area (Å²) in [5.41, 5.74) is 0. The minimum atomic E-state index is 0.178. The number of benzene rings is 4. The molecule has 0 bridgehead atoms. The number of hydrogen-bond donors (Lipinski definition) is 0. The van der Waals surface area contributed by atoms with Crippen molar-refractivity contribution in [3.8, 4) is 0 Å². The van der Waals surface area contributed by atoms with Gasteiger partial charge in [-0.25, -0.2) is 0 Å². The molecule has 5 aromatic rings. The first-order valence-corrected chi connectivity index (χ1v) is 9.17. The Morgan fingerprint density at radius 1 is 0.545 bits per heavy atom. The van der Waals surface area contributed by atoms with Gasteiger partial charge in [0.2, 0.25) is 0 Å². The smallest absolute Gasteiger partial charge is 0.0616 e. The summed E-state index contributed by atoms with van der Waals surface area (Å²) in [5.74, 6) is 0. The zero-order valence-corrected chi connectivity index (χ0v) is 13.2. The Balaban J connectivity index is 2.07. The van der Waals surface area contributed by atoms with Crippen LogP contribution in [-0.4, -0.2) is 0 Å². The van der Waals surface area contributed by atoms with Gasteiger partial charge in [-0.15, -0.1) is 0 Å². The Bertz CT molecular complexity index is 1180. The zero-order valence-electron chi connectivity index (χ0n) is 12.3. The minimum Gasteiger partial charge on any atom is -0.0616 e. The van der Waals surface area contributed by atoms with E-state index in [9.17, 15) is 0 Å². The second kappa shape index (κ2) is 4.31. The minimum absolute atomic E-state index is 0.178. The molecule has 1 heterocycles. The highest BCUT2D eigenvalue weighted by atomic mass is 32.2. The molecular formula is C21H15S+. The van der Waals surface area contributed by atoms with Gasteiger partial charge in [-0.2, -0.15) is 0 Å².